The van der Waals surface area contributed by atoms with E-state index in [0.717, 1.165) is 39.1 Å². The van der Waals surface area contributed by atoms with Crippen molar-refractivity contribution in [1.82, 2.24) is 4.90 Å². The molecule has 1 heterocycles. The molecule has 106 valence electrons. The van der Waals surface area contributed by atoms with Crippen LogP contribution < -0.4 is 5.73 Å². The molecule has 2 N–H and O–H groups in total. The summed E-state index contributed by atoms with van der Waals surface area (Å²) in [6.07, 6.45) is 2.22. The highest BCUT2D eigenvalue weighted by Crippen LogP contribution is 2.20. The van der Waals surface area contributed by atoms with E-state index in [4.69, 9.17) is 10.5 Å². The van der Waals surface area contributed by atoms with Crippen molar-refractivity contribution in [2.45, 2.75) is 38.3 Å². The van der Waals surface area contributed by atoms with E-state index in [-0.39, 0.29) is 5.60 Å². The van der Waals surface area contributed by atoms with E-state index in [1.165, 1.54) is 5.56 Å². The molecule has 1 fully saturated rings. The van der Waals surface area contributed by atoms with Crippen molar-refractivity contribution in [2.75, 3.05) is 26.2 Å². The van der Waals surface area contributed by atoms with E-state index < -0.39 is 0 Å². The summed E-state index contributed by atoms with van der Waals surface area (Å²) < 4.78 is 5.77. The summed E-state index contributed by atoms with van der Waals surface area (Å²) in [5, 5.41) is 0. The average molecular weight is 262 g/mol. The summed E-state index contributed by atoms with van der Waals surface area (Å²) in [4.78, 5) is 2.49. The minimum absolute atomic E-state index is 0.0432. The Morgan fingerprint density at radius 1 is 1.32 bits per heavy atom. The zero-order valence-electron chi connectivity index (χ0n) is 12.1. The van der Waals surface area contributed by atoms with Crippen LogP contribution in [0.1, 0.15) is 25.8 Å². The molecule has 0 amide bonds. The summed E-state index contributed by atoms with van der Waals surface area (Å²) in [6.45, 7) is 7.83. The van der Waals surface area contributed by atoms with E-state index in [1.54, 1.807) is 0 Å². The van der Waals surface area contributed by atoms with Gasteiger partial charge in [-0.05, 0) is 32.3 Å². The van der Waals surface area contributed by atoms with Gasteiger partial charge in [0.2, 0.25) is 0 Å². The zero-order valence-corrected chi connectivity index (χ0v) is 12.1. The molecule has 0 bridgehead atoms. The summed E-state index contributed by atoms with van der Waals surface area (Å²) in [7, 11) is 0. The second-order valence-corrected chi connectivity index (χ2v) is 5.99. The number of nitrogens with two attached hydrogens (primary N) is 1. The number of hydrogen-bond donors (Lipinski definition) is 1. The number of benzene rings is 1. The van der Waals surface area contributed by atoms with Gasteiger partial charge in [-0.15, -0.1) is 0 Å². The Kier molecular flexibility index (Phi) is 4.97. The van der Waals surface area contributed by atoms with Crippen molar-refractivity contribution in [3.05, 3.63) is 35.9 Å². The Morgan fingerprint density at radius 3 is 2.68 bits per heavy atom. The lowest BCUT2D eigenvalue weighted by Gasteiger charge is -2.42. The van der Waals surface area contributed by atoms with E-state index in [0.29, 0.717) is 6.04 Å². The molecule has 1 aromatic carbocycles. The molecule has 3 nitrogen and oxygen atoms in total. The molecule has 1 saturated heterocycles. The quantitative estimate of drug-likeness (QED) is 0.882. The summed E-state index contributed by atoms with van der Waals surface area (Å²) in [5.41, 5.74) is 7.33. The van der Waals surface area contributed by atoms with Crippen molar-refractivity contribution in [1.29, 1.82) is 0 Å². The maximum Gasteiger partial charge on any atom is 0.0753 e. The molecule has 1 atom stereocenters. The molecule has 1 aliphatic heterocycles. The fraction of sp³-hybridized carbons (Fsp3) is 0.625. The minimum Gasteiger partial charge on any atom is -0.373 e. The van der Waals surface area contributed by atoms with Crippen LogP contribution in [0.4, 0.5) is 0 Å². The van der Waals surface area contributed by atoms with Crippen molar-refractivity contribution in [3.8, 4) is 0 Å². The number of hydrogen-bond acceptors (Lipinski definition) is 3. The molecule has 2 rings (SSSR count). The van der Waals surface area contributed by atoms with Crippen LogP contribution in [0.15, 0.2) is 30.3 Å². The van der Waals surface area contributed by atoms with Crippen LogP contribution in [0.2, 0.25) is 0 Å². The normalized spacial score (nSPS) is 21.2. The third-order valence-corrected chi connectivity index (χ3v) is 3.85. The van der Waals surface area contributed by atoms with Gasteiger partial charge in [-0.25, -0.2) is 0 Å². The van der Waals surface area contributed by atoms with Crippen LogP contribution in [0.3, 0.4) is 0 Å². The van der Waals surface area contributed by atoms with Crippen LogP contribution in [0, 0.1) is 0 Å². The lowest BCUT2D eigenvalue weighted by molar-refractivity contribution is -0.0967. The molecule has 0 radical (unpaired) electrons. The molecule has 1 aliphatic rings. The minimum atomic E-state index is -0.0432. The number of rotatable bonds is 5. The SMILES string of the molecule is CC1(C)CN(C(CN)CCc2ccccc2)CCO1. The monoisotopic (exact) mass is 262 g/mol. The fourth-order valence-corrected chi connectivity index (χ4v) is 2.79. The van der Waals surface area contributed by atoms with Gasteiger partial charge in [0, 0.05) is 25.7 Å². The van der Waals surface area contributed by atoms with Crippen molar-refractivity contribution >= 4 is 0 Å². The van der Waals surface area contributed by atoms with Crippen molar-refractivity contribution in [3.63, 3.8) is 0 Å². The molecular formula is C16H26N2O. The number of ether oxygens (including phenoxy) is 1. The first kappa shape index (κ1) is 14.5. The van der Waals surface area contributed by atoms with Gasteiger partial charge in [0.05, 0.1) is 12.2 Å². The second-order valence-electron chi connectivity index (χ2n) is 5.99. The van der Waals surface area contributed by atoms with Crippen LogP contribution in [-0.4, -0.2) is 42.8 Å². The molecule has 0 aromatic heterocycles. The number of nitrogens with zero attached hydrogens (tertiary/aromatic N) is 1. The third-order valence-electron chi connectivity index (χ3n) is 3.85. The Morgan fingerprint density at radius 2 is 2.05 bits per heavy atom. The molecule has 3 heteroatoms. The van der Waals surface area contributed by atoms with E-state index in [2.05, 4.69) is 49.1 Å². The standard InChI is InChI=1S/C16H26N2O/c1-16(2)13-18(10-11-19-16)15(12-17)9-8-14-6-4-3-5-7-14/h3-7,15H,8-13,17H2,1-2H3. The van der Waals surface area contributed by atoms with Crippen LogP contribution in [0.25, 0.3) is 0 Å². The highest BCUT2D eigenvalue weighted by molar-refractivity contribution is 5.14. The maximum absolute atomic E-state index is 5.97. The van der Waals surface area contributed by atoms with Gasteiger partial charge in [-0.2, -0.15) is 0 Å². The van der Waals surface area contributed by atoms with Crippen molar-refractivity contribution < 1.29 is 4.74 Å². The lowest BCUT2D eigenvalue weighted by Crippen LogP contribution is -2.54. The molecular weight excluding hydrogens is 236 g/mol. The molecule has 0 aliphatic carbocycles. The fourth-order valence-electron chi connectivity index (χ4n) is 2.79. The van der Waals surface area contributed by atoms with Gasteiger partial charge >= 0.3 is 0 Å². The van der Waals surface area contributed by atoms with Gasteiger partial charge < -0.3 is 10.5 Å². The number of morpholine rings is 1. The first-order valence-corrected chi connectivity index (χ1v) is 7.23. The molecule has 0 spiro atoms. The first-order valence-electron chi connectivity index (χ1n) is 7.23. The summed E-state index contributed by atoms with van der Waals surface area (Å²) in [6, 6.07) is 11.1. The van der Waals surface area contributed by atoms with Gasteiger partial charge in [-0.1, -0.05) is 30.3 Å². The van der Waals surface area contributed by atoms with Gasteiger partial charge in [0.15, 0.2) is 0 Å². The first-order chi connectivity index (χ1) is 9.11. The van der Waals surface area contributed by atoms with Crippen LogP contribution in [0.5, 0.6) is 0 Å². The van der Waals surface area contributed by atoms with Gasteiger partial charge in [0.1, 0.15) is 0 Å². The second kappa shape index (κ2) is 6.51. The predicted molar refractivity (Wildman–Crippen MR) is 79.2 cm³/mol. The highest BCUT2D eigenvalue weighted by atomic mass is 16.5. The van der Waals surface area contributed by atoms with E-state index >= 15 is 0 Å². The van der Waals surface area contributed by atoms with Gasteiger partial charge in [-0.3, -0.25) is 4.90 Å². The van der Waals surface area contributed by atoms with Crippen LogP contribution >= 0.6 is 0 Å². The Labute approximate surface area is 116 Å². The topological polar surface area (TPSA) is 38.5 Å². The Hall–Kier alpha value is -0.900. The molecule has 19 heavy (non-hydrogen) atoms. The third kappa shape index (κ3) is 4.30. The Balaban J connectivity index is 1.89. The van der Waals surface area contributed by atoms with E-state index in [1.807, 2.05) is 0 Å². The van der Waals surface area contributed by atoms with E-state index in [9.17, 15) is 0 Å². The van der Waals surface area contributed by atoms with Crippen molar-refractivity contribution in [2.24, 2.45) is 5.73 Å². The van der Waals surface area contributed by atoms with Gasteiger partial charge in [0.25, 0.3) is 0 Å². The predicted octanol–water partition coefficient (Wildman–Crippen LogP) is 2.06. The Bertz CT molecular complexity index is 378. The highest BCUT2D eigenvalue weighted by Gasteiger charge is 2.30. The maximum atomic E-state index is 5.97. The molecule has 1 aromatic rings. The average Bonchev–Trinajstić information content (AvgIpc) is 2.39. The zero-order chi connectivity index (χ0) is 13.7. The lowest BCUT2D eigenvalue weighted by atomic mass is 10.0. The summed E-state index contributed by atoms with van der Waals surface area (Å²) in [5.74, 6) is 0. The summed E-state index contributed by atoms with van der Waals surface area (Å²) >= 11 is 0. The largest absolute Gasteiger partial charge is 0.373 e. The molecule has 1 unspecified atom stereocenters. The smallest absolute Gasteiger partial charge is 0.0753 e. The number of aryl methyl sites for hydroxylation is 1. The molecule has 0 saturated carbocycles. The van der Waals surface area contributed by atoms with Crippen LogP contribution in [-0.2, 0) is 11.2 Å².